The Labute approximate surface area is 134 Å². The first kappa shape index (κ1) is 13.6. The third kappa shape index (κ3) is 2.94. The summed E-state index contributed by atoms with van der Waals surface area (Å²) in [6, 6.07) is 23.4. The Balaban J connectivity index is 1.45. The van der Waals surface area contributed by atoms with Crippen molar-refractivity contribution in [2.24, 2.45) is 0 Å². The topological polar surface area (TPSA) is 44.2 Å². The lowest BCUT2D eigenvalue weighted by Gasteiger charge is -2.07. The maximum atomic E-state index is 5.56. The van der Waals surface area contributed by atoms with Gasteiger partial charge in [-0.25, -0.2) is 9.97 Å². The highest BCUT2D eigenvalue weighted by Crippen LogP contribution is 2.17. The zero-order valence-corrected chi connectivity index (χ0v) is 12.3. The first-order chi connectivity index (χ1) is 11.4. The molecule has 0 amide bonds. The molecule has 5 heteroatoms. The molecule has 0 unspecified atom stereocenters. The second-order valence-electron chi connectivity index (χ2n) is 5.09. The van der Waals surface area contributed by atoms with Crippen LogP contribution in [0.1, 0.15) is 0 Å². The van der Waals surface area contributed by atoms with Gasteiger partial charge in [0.25, 0.3) is 0 Å². The molecular weight excluding hydrogens is 287 g/mol. The molecular formula is C18H13BN2O2. The summed E-state index contributed by atoms with van der Waals surface area (Å²) >= 11 is 0. The van der Waals surface area contributed by atoms with Gasteiger partial charge in [0, 0.05) is 10.8 Å². The predicted octanol–water partition coefficient (Wildman–Crippen LogP) is 3.51. The largest absolute Gasteiger partial charge is 0.578 e. The minimum atomic E-state index is 0.0662. The zero-order valence-electron chi connectivity index (χ0n) is 12.3. The molecule has 4 rings (SSSR count). The lowest BCUT2D eigenvalue weighted by atomic mass is 10.2. The highest BCUT2D eigenvalue weighted by atomic mass is 16.6. The number of fused-ring (bicyclic) bond motifs is 2. The van der Waals surface area contributed by atoms with Gasteiger partial charge in [-0.15, -0.1) is 0 Å². The fourth-order valence-corrected chi connectivity index (χ4v) is 2.41. The summed E-state index contributed by atoms with van der Waals surface area (Å²) in [5.41, 5.74) is 1.79. The quantitative estimate of drug-likeness (QED) is 0.541. The second kappa shape index (κ2) is 5.97. The molecule has 4 aromatic rings. The van der Waals surface area contributed by atoms with E-state index in [0.29, 0.717) is 11.8 Å². The molecule has 0 bridgehead atoms. The summed E-state index contributed by atoms with van der Waals surface area (Å²) < 4.78 is 11.1. The fraction of sp³-hybridized carbons (Fsp3) is 0. The predicted molar refractivity (Wildman–Crippen MR) is 91.9 cm³/mol. The Bertz CT molecular complexity index is 896. The van der Waals surface area contributed by atoms with Crippen LogP contribution < -0.4 is 9.31 Å². The fourth-order valence-electron chi connectivity index (χ4n) is 2.41. The number of pyridine rings is 2. The number of nitrogens with zero attached hydrogens (tertiary/aromatic N) is 2. The van der Waals surface area contributed by atoms with Gasteiger partial charge in [0.1, 0.15) is 0 Å². The molecule has 2 aromatic carbocycles. The average molecular weight is 300 g/mol. The number of aromatic nitrogens is 2. The van der Waals surface area contributed by atoms with E-state index in [1.807, 2.05) is 72.8 Å². The number of hydrogen-bond acceptors (Lipinski definition) is 4. The van der Waals surface area contributed by atoms with E-state index < -0.39 is 0 Å². The smallest absolute Gasteiger partial charge is 0.514 e. The van der Waals surface area contributed by atoms with Crippen molar-refractivity contribution >= 4 is 29.5 Å². The zero-order chi connectivity index (χ0) is 15.5. The van der Waals surface area contributed by atoms with E-state index >= 15 is 0 Å². The van der Waals surface area contributed by atoms with E-state index in [4.69, 9.17) is 9.31 Å². The molecule has 0 radical (unpaired) electrons. The van der Waals surface area contributed by atoms with Gasteiger partial charge in [-0.3, -0.25) is 0 Å². The maximum Gasteiger partial charge on any atom is 0.578 e. The molecule has 110 valence electrons. The van der Waals surface area contributed by atoms with Gasteiger partial charge in [0.15, 0.2) is 11.8 Å². The van der Waals surface area contributed by atoms with Crippen LogP contribution in [0.5, 0.6) is 11.8 Å². The Kier molecular flexibility index (Phi) is 3.52. The van der Waals surface area contributed by atoms with E-state index in [-0.39, 0.29) is 7.69 Å². The number of hydrogen-bond donors (Lipinski definition) is 0. The third-order valence-electron chi connectivity index (χ3n) is 3.56. The molecule has 2 aromatic heterocycles. The highest BCUT2D eigenvalue weighted by molar-refractivity contribution is 6.20. The summed E-state index contributed by atoms with van der Waals surface area (Å²) in [6.07, 6.45) is 0. The van der Waals surface area contributed by atoms with Gasteiger partial charge in [0.05, 0.1) is 11.0 Å². The SMILES string of the molecule is B(Oc1ccc2ccccc2n1)Oc1ccc2ccccc2n1. The molecule has 0 atom stereocenters. The minimum absolute atomic E-state index is 0.0662. The van der Waals surface area contributed by atoms with Crippen LogP contribution in [0.2, 0.25) is 0 Å². The lowest BCUT2D eigenvalue weighted by molar-refractivity contribution is 0.441. The molecule has 0 saturated heterocycles. The van der Waals surface area contributed by atoms with Crippen LogP contribution in [0.25, 0.3) is 21.8 Å². The van der Waals surface area contributed by atoms with Crippen molar-refractivity contribution in [1.82, 2.24) is 9.97 Å². The van der Waals surface area contributed by atoms with Gasteiger partial charge in [-0.1, -0.05) is 36.4 Å². The third-order valence-corrected chi connectivity index (χ3v) is 3.56. The Morgan fingerprint density at radius 2 is 1.04 bits per heavy atom. The van der Waals surface area contributed by atoms with Crippen molar-refractivity contribution in [3.05, 3.63) is 72.8 Å². The van der Waals surface area contributed by atoms with Gasteiger partial charge >= 0.3 is 7.69 Å². The molecule has 4 nitrogen and oxygen atoms in total. The molecule has 0 aliphatic heterocycles. The first-order valence-corrected chi connectivity index (χ1v) is 7.36. The summed E-state index contributed by atoms with van der Waals surface area (Å²) in [4.78, 5) is 8.87. The van der Waals surface area contributed by atoms with Crippen molar-refractivity contribution in [1.29, 1.82) is 0 Å². The molecule has 0 spiro atoms. The monoisotopic (exact) mass is 300 g/mol. The molecule has 2 heterocycles. The van der Waals surface area contributed by atoms with Crippen molar-refractivity contribution in [3.8, 4) is 11.8 Å². The molecule has 0 aliphatic carbocycles. The molecule has 0 fully saturated rings. The normalized spacial score (nSPS) is 10.6. The van der Waals surface area contributed by atoms with Crippen molar-refractivity contribution in [2.45, 2.75) is 0 Å². The molecule has 0 saturated carbocycles. The second-order valence-corrected chi connectivity index (χ2v) is 5.09. The van der Waals surface area contributed by atoms with E-state index in [2.05, 4.69) is 9.97 Å². The molecule has 0 N–H and O–H groups in total. The number of para-hydroxylation sites is 2. The van der Waals surface area contributed by atoms with Crippen molar-refractivity contribution < 1.29 is 9.31 Å². The van der Waals surface area contributed by atoms with Crippen LogP contribution in [0, 0.1) is 0 Å². The number of benzene rings is 2. The van der Waals surface area contributed by atoms with E-state index in [1.54, 1.807) is 0 Å². The van der Waals surface area contributed by atoms with Crippen LogP contribution in [-0.2, 0) is 0 Å². The van der Waals surface area contributed by atoms with Crippen LogP contribution in [0.15, 0.2) is 72.8 Å². The van der Waals surface area contributed by atoms with Crippen molar-refractivity contribution in [2.75, 3.05) is 0 Å². The minimum Gasteiger partial charge on any atom is -0.514 e. The van der Waals surface area contributed by atoms with E-state index in [1.165, 1.54) is 0 Å². The van der Waals surface area contributed by atoms with Crippen molar-refractivity contribution in [3.63, 3.8) is 0 Å². The van der Waals surface area contributed by atoms with Gasteiger partial charge in [-0.05, 0) is 36.4 Å². The Morgan fingerprint density at radius 1 is 0.565 bits per heavy atom. The highest BCUT2D eigenvalue weighted by Gasteiger charge is 2.04. The van der Waals surface area contributed by atoms with E-state index in [0.717, 1.165) is 21.8 Å². The lowest BCUT2D eigenvalue weighted by Crippen LogP contribution is -2.12. The Morgan fingerprint density at radius 3 is 1.57 bits per heavy atom. The van der Waals surface area contributed by atoms with Gasteiger partial charge in [-0.2, -0.15) is 0 Å². The summed E-state index contributed by atoms with van der Waals surface area (Å²) in [6.45, 7) is 0. The number of rotatable bonds is 4. The summed E-state index contributed by atoms with van der Waals surface area (Å²) in [7, 11) is 0.0662. The average Bonchev–Trinajstić information content (AvgIpc) is 2.61. The molecule has 23 heavy (non-hydrogen) atoms. The Hall–Kier alpha value is -3.08. The van der Waals surface area contributed by atoms with Gasteiger partial charge < -0.3 is 9.31 Å². The van der Waals surface area contributed by atoms with Crippen LogP contribution in [-0.4, -0.2) is 17.7 Å². The summed E-state index contributed by atoms with van der Waals surface area (Å²) in [5, 5.41) is 2.16. The molecule has 0 aliphatic rings. The van der Waals surface area contributed by atoms with Crippen LogP contribution in [0.4, 0.5) is 0 Å². The van der Waals surface area contributed by atoms with Crippen LogP contribution in [0.3, 0.4) is 0 Å². The standard InChI is InChI=1S/C18H13BN2O2/c1-3-7-15-13(5-1)9-11-17(20-15)22-19-23-18-12-10-14-6-2-4-8-16(14)21-18/h1-12,19H. The first-order valence-electron chi connectivity index (χ1n) is 7.36. The van der Waals surface area contributed by atoms with Crippen LogP contribution >= 0.6 is 0 Å². The maximum absolute atomic E-state index is 5.56. The van der Waals surface area contributed by atoms with Gasteiger partial charge in [0.2, 0.25) is 0 Å². The van der Waals surface area contributed by atoms with E-state index in [9.17, 15) is 0 Å². The summed E-state index contributed by atoms with van der Waals surface area (Å²) in [5.74, 6) is 1.06.